The Kier molecular flexibility index (Phi) is 3.86. The lowest BCUT2D eigenvalue weighted by atomic mass is 10.0. The van der Waals surface area contributed by atoms with Crippen molar-refractivity contribution in [3.63, 3.8) is 0 Å². The molecule has 0 aliphatic rings. The first-order valence-corrected chi connectivity index (χ1v) is 6.37. The maximum Gasteiger partial charge on any atom is 0.237 e. The van der Waals surface area contributed by atoms with E-state index in [2.05, 4.69) is 31.1 Å². The normalized spacial score (nSPS) is 12.4. The topological polar surface area (TPSA) is 68.9 Å². The summed E-state index contributed by atoms with van der Waals surface area (Å²) in [6, 6.07) is 3.63. The van der Waals surface area contributed by atoms with E-state index in [1.54, 1.807) is 12.3 Å². The third kappa shape index (κ3) is 2.64. The molecule has 0 N–H and O–H groups in total. The highest BCUT2D eigenvalue weighted by molar-refractivity contribution is 9.10. The van der Waals surface area contributed by atoms with Crippen LogP contribution < -0.4 is 0 Å². The molecule has 0 aliphatic heterocycles. The van der Waals surface area contributed by atoms with E-state index in [-0.39, 0.29) is 11.7 Å². The number of ketones is 1. The molecule has 0 aromatic carbocycles. The van der Waals surface area contributed by atoms with Gasteiger partial charge in [0.05, 0.1) is 5.92 Å². The van der Waals surface area contributed by atoms with Gasteiger partial charge < -0.3 is 4.52 Å². The van der Waals surface area contributed by atoms with Gasteiger partial charge in [-0.05, 0) is 41.4 Å². The second-order valence-electron chi connectivity index (χ2n) is 3.89. The summed E-state index contributed by atoms with van der Waals surface area (Å²) in [5, 5.41) is 3.85. The zero-order valence-electron chi connectivity index (χ0n) is 10.1. The molecule has 2 aromatic heterocycles. The van der Waals surface area contributed by atoms with E-state index in [1.165, 1.54) is 6.92 Å². The Morgan fingerprint density at radius 3 is 2.83 bits per heavy atom. The van der Waals surface area contributed by atoms with Gasteiger partial charge in [-0.25, -0.2) is 0 Å². The Morgan fingerprint density at radius 1 is 1.50 bits per heavy atom. The van der Waals surface area contributed by atoms with E-state index in [0.29, 0.717) is 23.8 Å². The zero-order valence-corrected chi connectivity index (χ0v) is 11.6. The molecule has 1 atom stereocenters. The highest BCUT2D eigenvalue weighted by atomic mass is 79.9. The largest absolute Gasteiger partial charge is 0.338 e. The Balaban J connectivity index is 2.30. The number of aromatic nitrogens is 3. The van der Waals surface area contributed by atoms with Crippen molar-refractivity contribution in [2.75, 3.05) is 0 Å². The Morgan fingerprint density at radius 2 is 2.28 bits per heavy atom. The van der Waals surface area contributed by atoms with Crippen molar-refractivity contribution in [2.45, 2.75) is 26.2 Å². The molecule has 0 bridgehead atoms. The highest BCUT2D eigenvalue weighted by Crippen LogP contribution is 2.22. The van der Waals surface area contributed by atoms with Crippen LogP contribution in [0.25, 0.3) is 11.5 Å². The smallest absolute Gasteiger partial charge is 0.237 e. The molecule has 94 valence electrons. The minimum absolute atomic E-state index is 0.0245. The Hall–Kier alpha value is -1.56. The van der Waals surface area contributed by atoms with Crippen molar-refractivity contribution in [3.05, 3.63) is 28.7 Å². The highest BCUT2D eigenvalue weighted by Gasteiger charge is 2.22. The van der Waals surface area contributed by atoms with Crippen LogP contribution >= 0.6 is 15.9 Å². The minimum Gasteiger partial charge on any atom is -0.338 e. The second-order valence-corrected chi connectivity index (χ2v) is 4.81. The molecule has 6 heteroatoms. The molecule has 2 aromatic rings. The number of hydrogen-bond donors (Lipinski definition) is 0. The summed E-state index contributed by atoms with van der Waals surface area (Å²) in [4.78, 5) is 19.8. The van der Waals surface area contributed by atoms with Gasteiger partial charge in [0.2, 0.25) is 11.7 Å². The minimum atomic E-state index is -0.332. The van der Waals surface area contributed by atoms with Gasteiger partial charge in [-0.2, -0.15) is 4.98 Å². The van der Waals surface area contributed by atoms with Gasteiger partial charge in [0.1, 0.15) is 11.5 Å². The van der Waals surface area contributed by atoms with Crippen LogP contribution in [0.1, 0.15) is 32.1 Å². The van der Waals surface area contributed by atoms with E-state index in [0.717, 1.165) is 4.47 Å². The van der Waals surface area contributed by atoms with Crippen LogP contribution in [-0.2, 0) is 4.79 Å². The van der Waals surface area contributed by atoms with E-state index in [9.17, 15) is 4.79 Å². The van der Waals surface area contributed by atoms with Crippen molar-refractivity contribution in [2.24, 2.45) is 0 Å². The Bertz CT molecular complexity index is 551. The lowest BCUT2D eigenvalue weighted by Gasteiger charge is -2.03. The number of Topliss-reactive ketones (excluding diaryl/α,β-unsaturated/α-hetero) is 1. The fraction of sp³-hybridized carbons (Fsp3) is 0.333. The number of carbonyl (C=O) groups is 1. The number of pyridine rings is 1. The summed E-state index contributed by atoms with van der Waals surface area (Å²) >= 11 is 3.31. The molecule has 1 unspecified atom stereocenters. The van der Waals surface area contributed by atoms with Crippen molar-refractivity contribution in [3.8, 4) is 11.5 Å². The summed E-state index contributed by atoms with van der Waals surface area (Å²) < 4.78 is 6.01. The summed E-state index contributed by atoms with van der Waals surface area (Å²) in [6.07, 6.45) is 2.30. The first kappa shape index (κ1) is 12.9. The SMILES string of the molecule is CCC(C(C)=O)c1nc(-c2ccc(Br)cn2)no1. The maximum absolute atomic E-state index is 11.4. The van der Waals surface area contributed by atoms with Crippen molar-refractivity contribution >= 4 is 21.7 Å². The lowest BCUT2D eigenvalue weighted by molar-refractivity contribution is -0.119. The molecule has 0 fully saturated rings. The lowest BCUT2D eigenvalue weighted by Crippen LogP contribution is -2.07. The summed E-state index contributed by atoms with van der Waals surface area (Å²) in [5.41, 5.74) is 0.617. The van der Waals surface area contributed by atoms with Crippen LogP contribution in [-0.4, -0.2) is 20.9 Å². The monoisotopic (exact) mass is 309 g/mol. The summed E-state index contributed by atoms with van der Waals surface area (Å²) in [6.45, 7) is 3.43. The van der Waals surface area contributed by atoms with Crippen LogP contribution in [0, 0.1) is 0 Å². The third-order valence-corrected chi connectivity index (χ3v) is 3.06. The number of rotatable bonds is 4. The van der Waals surface area contributed by atoms with Gasteiger partial charge in [0.25, 0.3) is 0 Å². The van der Waals surface area contributed by atoms with E-state index >= 15 is 0 Å². The predicted molar refractivity (Wildman–Crippen MR) is 68.9 cm³/mol. The molecule has 0 saturated carbocycles. The number of halogens is 1. The van der Waals surface area contributed by atoms with Gasteiger partial charge in [0, 0.05) is 10.7 Å². The van der Waals surface area contributed by atoms with E-state index in [4.69, 9.17) is 4.52 Å². The standard InChI is InChI=1S/C12H12BrN3O2/c1-3-9(7(2)17)12-15-11(16-18-12)10-5-4-8(13)6-14-10/h4-6,9H,3H2,1-2H3. The molecular formula is C12H12BrN3O2. The zero-order chi connectivity index (χ0) is 13.1. The molecule has 0 amide bonds. The van der Waals surface area contributed by atoms with Crippen molar-refractivity contribution in [1.82, 2.24) is 15.1 Å². The molecule has 2 rings (SSSR count). The van der Waals surface area contributed by atoms with Gasteiger partial charge >= 0.3 is 0 Å². The summed E-state index contributed by atoms with van der Waals surface area (Å²) in [5.74, 6) is 0.445. The van der Waals surface area contributed by atoms with E-state index in [1.807, 2.05) is 13.0 Å². The second kappa shape index (κ2) is 5.39. The van der Waals surface area contributed by atoms with Gasteiger partial charge in [-0.15, -0.1) is 0 Å². The van der Waals surface area contributed by atoms with Crippen LogP contribution in [0.5, 0.6) is 0 Å². The molecule has 18 heavy (non-hydrogen) atoms. The average molecular weight is 310 g/mol. The van der Waals surface area contributed by atoms with Crippen LogP contribution in [0.4, 0.5) is 0 Å². The molecule has 2 heterocycles. The van der Waals surface area contributed by atoms with Crippen LogP contribution in [0.3, 0.4) is 0 Å². The van der Waals surface area contributed by atoms with Gasteiger partial charge in [-0.1, -0.05) is 12.1 Å². The molecule has 0 spiro atoms. The maximum atomic E-state index is 11.4. The fourth-order valence-corrected chi connectivity index (χ4v) is 1.86. The van der Waals surface area contributed by atoms with Gasteiger partial charge in [0.15, 0.2) is 0 Å². The van der Waals surface area contributed by atoms with Crippen molar-refractivity contribution < 1.29 is 9.32 Å². The molecular weight excluding hydrogens is 298 g/mol. The van der Waals surface area contributed by atoms with Crippen molar-refractivity contribution in [1.29, 1.82) is 0 Å². The Labute approximate surface area is 113 Å². The number of carbonyl (C=O) groups excluding carboxylic acids is 1. The fourth-order valence-electron chi connectivity index (χ4n) is 1.62. The van der Waals surface area contributed by atoms with Gasteiger partial charge in [-0.3, -0.25) is 9.78 Å². The first-order chi connectivity index (χ1) is 8.61. The third-order valence-electron chi connectivity index (χ3n) is 2.60. The first-order valence-electron chi connectivity index (χ1n) is 5.57. The summed E-state index contributed by atoms with van der Waals surface area (Å²) in [7, 11) is 0. The number of hydrogen-bond acceptors (Lipinski definition) is 5. The molecule has 0 aliphatic carbocycles. The predicted octanol–water partition coefficient (Wildman–Crippen LogP) is 2.98. The quantitative estimate of drug-likeness (QED) is 0.868. The molecule has 0 saturated heterocycles. The molecule has 0 radical (unpaired) electrons. The number of nitrogens with zero attached hydrogens (tertiary/aromatic N) is 3. The van der Waals surface area contributed by atoms with E-state index < -0.39 is 0 Å². The molecule has 5 nitrogen and oxygen atoms in total. The van der Waals surface area contributed by atoms with Crippen LogP contribution in [0.2, 0.25) is 0 Å². The average Bonchev–Trinajstić information content (AvgIpc) is 2.80. The van der Waals surface area contributed by atoms with Crippen LogP contribution in [0.15, 0.2) is 27.3 Å².